The third-order valence-corrected chi connectivity index (χ3v) is 3.98. The standard InChI is InChI=1S/C17H15N/c1-2-7-15-12-16(11-14(15)6-1)18-10-9-13-5-3-4-8-17(13)18/h1-8,11H,9-10,12H2. The van der Waals surface area contributed by atoms with Crippen molar-refractivity contribution in [3.8, 4) is 0 Å². The lowest BCUT2D eigenvalue weighted by molar-refractivity contribution is 0.924. The smallest absolute Gasteiger partial charge is 0.0441 e. The lowest BCUT2D eigenvalue weighted by Crippen LogP contribution is -2.19. The zero-order valence-electron chi connectivity index (χ0n) is 10.3. The van der Waals surface area contributed by atoms with Crippen molar-refractivity contribution in [3.05, 3.63) is 70.9 Å². The van der Waals surface area contributed by atoms with Crippen molar-refractivity contribution in [1.29, 1.82) is 0 Å². The molecule has 4 rings (SSSR count). The van der Waals surface area contributed by atoms with E-state index in [4.69, 9.17) is 0 Å². The molecule has 0 atom stereocenters. The summed E-state index contributed by atoms with van der Waals surface area (Å²) in [4.78, 5) is 2.48. The van der Waals surface area contributed by atoms with E-state index < -0.39 is 0 Å². The maximum atomic E-state index is 2.48. The summed E-state index contributed by atoms with van der Waals surface area (Å²) in [6.45, 7) is 1.12. The fourth-order valence-electron chi connectivity index (χ4n) is 3.07. The van der Waals surface area contributed by atoms with E-state index in [0.29, 0.717) is 0 Å². The Morgan fingerprint density at radius 2 is 1.61 bits per heavy atom. The molecule has 2 aromatic rings. The van der Waals surface area contributed by atoms with Gasteiger partial charge in [-0.15, -0.1) is 0 Å². The molecule has 0 aromatic heterocycles. The van der Waals surface area contributed by atoms with Crippen LogP contribution in [0.3, 0.4) is 0 Å². The van der Waals surface area contributed by atoms with Gasteiger partial charge in [0, 0.05) is 24.4 Å². The molecular formula is C17H15N. The number of hydrogen-bond donors (Lipinski definition) is 0. The summed E-state index contributed by atoms with van der Waals surface area (Å²) in [5.74, 6) is 0. The Kier molecular flexibility index (Phi) is 2.07. The highest BCUT2D eigenvalue weighted by Crippen LogP contribution is 2.35. The molecule has 0 unspecified atom stereocenters. The van der Waals surface area contributed by atoms with Gasteiger partial charge in [0.1, 0.15) is 0 Å². The predicted molar refractivity (Wildman–Crippen MR) is 75.6 cm³/mol. The molecule has 88 valence electrons. The Bertz CT molecular complexity index is 640. The molecule has 1 aliphatic carbocycles. The average molecular weight is 233 g/mol. The molecule has 2 aromatic carbocycles. The zero-order chi connectivity index (χ0) is 11.9. The molecular weight excluding hydrogens is 218 g/mol. The number of anilines is 1. The van der Waals surface area contributed by atoms with Crippen LogP contribution < -0.4 is 4.90 Å². The molecule has 2 aliphatic rings. The van der Waals surface area contributed by atoms with Crippen LogP contribution in [-0.4, -0.2) is 6.54 Å². The minimum absolute atomic E-state index is 1.07. The van der Waals surface area contributed by atoms with E-state index >= 15 is 0 Å². The molecule has 0 fully saturated rings. The van der Waals surface area contributed by atoms with Gasteiger partial charge >= 0.3 is 0 Å². The number of fused-ring (bicyclic) bond motifs is 2. The van der Waals surface area contributed by atoms with Crippen LogP contribution in [0, 0.1) is 0 Å². The van der Waals surface area contributed by atoms with Gasteiger partial charge in [-0.25, -0.2) is 0 Å². The Labute approximate surface area is 107 Å². The van der Waals surface area contributed by atoms with Gasteiger partial charge < -0.3 is 4.90 Å². The first-order valence-electron chi connectivity index (χ1n) is 6.56. The predicted octanol–water partition coefficient (Wildman–Crippen LogP) is 3.65. The fraction of sp³-hybridized carbons (Fsp3) is 0.176. The van der Waals surface area contributed by atoms with Gasteiger partial charge in [0.25, 0.3) is 0 Å². The molecule has 0 saturated carbocycles. The van der Waals surface area contributed by atoms with Crippen molar-refractivity contribution in [2.24, 2.45) is 0 Å². The minimum atomic E-state index is 1.07. The van der Waals surface area contributed by atoms with Gasteiger partial charge in [0.2, 0.25) is 0 Å². The van der Waals surface area contributed by atoms with Crippen LogP contribution in [0.2, 0.25) is 0 Å². The second-order valence-corrected chi connectivity index (χ2v) is 5.04. The van der Waals surface area contributed by atoms with Crippen molar-refractivity contribution in [1.82, 2.24) is 0 Å². The van der Waals surface area contributed by atoms with Gasteiger partial charge in [-0.3, -0.25) is 0 Å². The first-order valence-corrected chi connectivity index (χ1v) is 6.56. The monoisotopic (exact) mass is 233 g/mol. The molecule has 0 radical (unpaired) electrons. The van der Waals surface area contributed by atoms with Gasteiger partial charge in [-0.1, -0.05) is 42.5 Å². The number of rotatable bonds is 1. The molecule has 1 nitrogen and oxygen atoms in total. The molecule has 1 heteroatoms. The van der Waals surface area contributed by atoms with E-state index in [1.807, 2.05) is 0 Å². The van der Waals surface area contributed by atoms with Crippen molar-refractivity contribution >= 4 is 11.8 Å². The van der Waals surface area contributed by atoms with Crippen LogP contribution in [0.15, 0.2) is 54.2 Å². The first-order chi connectivity index (χ1) is 8.92. The van der Waals surface area contributed by atoms with E-state index in [-0.39, 0.29) is 0 Å². The molecule has 0 amide bonds. The molecule has 0 N–H and O–H groups in total. The quantitative estimate of drug-likeness (QED) is 0.726. The van der Waals surface area contributed by atoms with E-state index in [0.717, 1.165) is 13.0 Å². The molecule has 0 saturated heterocycles. The number of benzene rings is 2. The number of hydrogen-bond acceptors (Lipinski definition) is 1. The number of nitrogens with zero attached hydrogens (tertiary/aromatic N) is 1. The second kappa shape index (κ2) is 3.74. The normalized spacial score (nSPS) is 16.4. The SMILES string of the molecule is C1=C(N2CCc3ccccc32)Cc2ccccc21. The van der Waals surface area contributed by atoms with Crippen LogP contribution in [0.1, 0.15) is 16.7 Å². The Morgan fingerprint density at radius 1 is 0.833 bits per heavy atom. The molecule has 1 heterocycles. The summed E-state index contributed by atoms with van der Waals surface area (Å²) in [5, 5.41) is 0. The van der Waals surface area contributed by atoms with Crippen molar-refractivity contribution in [3.63, 3.8) is 0 Å². The summed E-state index contributed by atoms with van der Waals surface area (Å²) >= 11 is 0. The summed E-state index contributed by atoms with van der Waals surface area (Å²) in [6, 6.07) is 17.5. The average Bonchev–Trinajstić information content (AvgIpc) is 3.02. The Hall–Kier alpha value is -2.02. The van der Waals surface area contributed by atoms with E-state index in [1.165, 1.54) is 34.5 Å². The lowest BCUT2D eigenvalue weighted by Gasteiger charge is -2.20. The van der Waals surface area contributed by atoms with Crippen LogP contribution >= 0.6 is 0 Å². The fourth-order valence-corrected chi connectivity index (χ4v) is 3.07. The van der Waals surface area contributed by atoms with Gasteiger partial charge in [-0.2, -0.15) is 0 Å². The van der Waals surface area contributed by atoms with Crippen LogP contribution in [0.5, 0.6) is 0 Å². The van der Waals surface area contributed by atoms with Crippen LogP contribution in [-0.2, 0) is 12.8 Å². The van der Waals surface area contributed by atoms with Crippen molar-refractivity contribution in [2.75, 3.05) is 11.4 Å². The maximum Gasteiger partial charge on any atom is 0.0441 e. The minimum Gasteiger partial charge on any atom is -0.344 e. The van der Waals surface area contributed by atoms with E-state index in [2.05, 4.69) is 59.5 Å². The number of allylic oxidation sites excluding steroid dienone is 1. The molecule has 0 bridgehead atoms. The highest BCUT2D eigenvalue weighted by Gasteiger charge is 2.24. The summed E-state index contributed by atoms with van der Waals surface area (Å²) in [6.07, 6.45) is 4.59. The topological polar surface area (TPSA) is 3.24 Å². The Morgan fingerprint density at radius 3 is 2.50 bits per heavy atom. The third-order valence-electron chi connectivity index (χ3n) is 3.98. The van der Waals surface area contributed by atoms with Gasteiger partial charge in [0.15, 0.2) is 0 Å². The van der Waals surface area contributed by atoms with E-state index in [1.54, 1.807) is 0 Å². The van der Waals surface area contributed by atoms with Crippen molar-refractivity contribution < 1.29 is 0 Å². The van der Waals surface area contributed by atoms with Gasteiger partial charge in [-0.05, 0) is 35.3 Å². The van der Waals surface area contributed by atoms with E-state index in [9.17, 15) is 0 Å². The maximum absolute atomic E-state index is 2.48. The first kappa shape index (κ1) is 9.95. The van der Waals surface area contributed by atoms with Crippen LogP contribution in [0.4, 0.5) is 5.69 Å². The third kappa shape index (κ3) is 1.40. The Balaban J connectivity index is 1.72. The largest absolute Gasteiger partial charge is 0.344 e. The lowest BCUT2D eigenvalue weighted by atomic mass is 10.1. The highest BCUT2D eigenvalue weighted by molar-refractivity contribution is 5.72. The molecule has 0 spiro atoms. The summed E-state index contributed by atoms with van der Waals surface area (Å²) < 4.78 is 0. The highest BCUT2D eigenvalue weighted by atomic mass is 15.2. The summed E-state index contributed by atoms with van der Waals surface area (Å²) in [7, 11) is 0. The second-order valence-electron chi connectivity index (χ2n) is 5.04. The zero-order valence-corrected chi connectivity index (χ0v) is 10.3. The molecule has 18 heavy (non-hydrogen) atoms. The summed E-state index contributed by atoms with van der Waals surface area (Å²) in [5.41, 5.74) is 7.17. The number of para-hydroxylation sites is 1. The van der Waals surface area contributed by atoms with Crippen LogP contribution in [0.25, 0.3) is 6.08 Å². The van der Waals surface area contributed by atoms with Crippen molar-refractivity contribution in [2.45, 2.75) is 12.8 Å². The molecule has 1 aliphatic heterocycles. The van der Waals surface area contributed by atoms with Gasteiger partial charge in [0.05, 0.1) is 0 Å².